The zero-order valence-corrected chi connectivity index (χ0v) is 16.0. The van der Waals surface area contributed by atoms with Crippen molar-refractivity contribution in [2.24, 2.45) is 0 Å². The summed E-state index contributed by atoms with van der Waals surface area (Å²) in [5, 5.41) is 3.66. The first kappa shape index (κ1) is 19.9. The number of alkyl halides is 3. The summed E-state index contributed by atoms with van der Waals surface area (Å²) in [6, 6.07) is 4.41. The molecular weight excluding hydrogens is 403 g/mol. The Hall–Kier alpha value is -1.85. The second-order valence-corrected chi connectivity index (χ2v) is 8.63. The molecule has 0 spiro atoms. The molecule has 1 fully saturated rings. The van der Waals surface area contributed by atoms with Gasteiger partial charge in [-0.15, -0.1) is 11.3 Å². The van der Waals surface area contributed by atoms with Crippen LogP contribution in [0.15, 0.2) is 28.5 Å². The number of sulfonamides is 1. The van der Waals surface area contributed by atoms with Crippen LogP contribution in [0.5, 0.6) is 5.75 Å². The average Bonchev–Trinajstić information content (AvgIpc) is 3.27. The van der Waals surface area contributed by atoms with Crippen LogP contribution in [-0.4, -0.2) is 37.4 Å². The predicted molar refractivity (Wildman–Crippen MR) is 96.0 cm³/mol. The van der Waals surface area contributed by atoms with Crippen molar-refractivity contribution < 1.29 is 26.3 Å². The number of aromatic nitrogens is 1. The number of ether oxygens (including phenoxy) is 1. The molecule has 0 atom stereocenters. The van der Waals surface area contributed by atoms with E-state index in [0.717, 1.165) is 29.6 Å². The molecular formula is C16H18F3N3O3S2. The lowest BCUT2D eigenvalue weighted by Gasteiger charge is -2.19. The Kier molecular flexibility index (Phi) is 5.63. The molecule has 6 nitrogen and oxygen atoms in total. The highest BCUT2D eigenvalue weighted by atomic mass is 32.2. The second kappa shape index (κ2) is 7.64. The number of halogens is 3. The minimum atomic E-state index is -4.53. The standard InChI is InChI=1S/C16H18F3N3O3S2/c1-2-25-12-6-5-11(20-15-21-14(10-26-15)16(17,18)19)9-13(12)27(23,24)22-7-3-4-8-22/h5-6,9-10H,2-4,7-8H2,1H3,(H,20,21). The molecule has 0 unspecified atom stereocenters. The van der Waals surface area contributed by atoms with Crippen molar-refractivity contribution in [1.29, 1.82) is 0 Å². The number of hydrogen-bond acceptors (Lipinski definition) is 6. The predicted octanol–water partition coefficient (Wildman–Crippen LogP) is 4.09. The summed E-state index contributed by atoms with van der Waals surface area (Å²) in [4.78, 5) is 3.49. The van der Waals surface area contributed by atoms with Crippen molar-refractivity contribution in [3.63, 3.8) is 0 Å². The van der Waals surface area contributed by atoms with Gasteiger partial charge in [-0.1, -0.05) is 0 Å². The summed E-state index contributed by atoms with van der Waals surface area (Å²) in [5.41, 5.74) is -0.676. The summed E-state index contributed by atoms with van der Waals surface area (Å²) >= 11 is 0.791. The van der Waals surface area contributed by atoms with Gasteiger partial charge in [-0.05, 0) is 38.0 Å². The Labute approximate surface area is 159 Å². The molecule has 1 aliphatic heterocycles. The third-order valence-electron chi connectivity index (χ3n) is 3.97. The van der Waals surface area contributed by atoms with Gasteiger partial charge in [0.1, 0.15) is 10.6 Å². The van der Waals surface area contributed by atoms with E-state index in [-0.39, 0.29) is 22.4 Å². The molecule has 0 bridgehead atoms. The van der Waals surface area contributed by atoms with E-state index >= 15 is 0 Å². The Bertz CT molecular complexity index is 907. The summed E-state index contributed by atoms with van der Waals surface area (Å²) in [6.45, 7) is 2.91. The number of benzene rings is 1. The Morgan fingerprint density at radius 2 is 2.00 bits per heavy atom. The highest BCUT2D eigenvalue weighted by Gasteiger charge is 2.34. The third kappa shape index (κ3) is 4.36. The number of thiazole rings is 1. The maximum absolute atomic E-state index is 12.9. The quantitative estimate of drug-likeness (QED) is 0.761. The van der Waals surface area contributed by atoms with Crippen molar-refractivity contribution in [2.45, 2.75) is 30.8 Å². The molecule has 1 N–H and O–H groups in total. The Morgan fingerprint density at radius 1 is 1.30 bits per heavy atom. The minimum absolute atomic E-state index is 0.0103. The monoisotopic (exact) mass is 421 g/mol. The van der Waals surface area contributed by atoms with E-state index < -0.39 is 21.9 Å². The lowest BCUT2D eigenvalue weighted by atomic mass is 10.3. The molecule has 11 heteroatoms. The second-order valence-electron chi connectivity index (χ2n) is 5.87. The van der Waals surface area contributed by atoms with E-state index in [4.69, 9.17) is 4.74 Å². The van der Waals surface area contributed by atoms with E-state index in [9.17, 15) is 21.6 Å². The van der Waals surface area contributed by atoms with Crippen LogP contribution in [0, 0.1) is 0 Å². The van der Waals surface area contributed by atoms with Crippen molar-refractivity contribution in [3.05, 3.63) is 29.3 Å². The zero-order valence-electron chi connectivity index (χ0n) is 14.4. The van der Waals surface area contributed by atoms with Gasteiger partial charge in [-0.25, -0.2) is 13.4 Å². The lowest BCUT2D eigenvalue weighted by molar-refractivity contribution is -0.140. The molecule has 1 aromatic heterocycles. The maximum atomic E-state index is 12.9. The molecule has 0 radical (unpaired) electrons. The highest BCUT2D eigenvalue weighted by molar-refractivity contribution is 7.89. The van der Waals surface area contributed by atoms with E-state index in [1.54, 1.807) is 13.0 Å². The fraction of sp³-hybridized carbons (Fsp3) is 0.438. The first-order valence-corrected chi connectivity index (χ1v) is 10.6. The van der Waals surface area contributed by atoms with E-state index in [2.05, 4.69) is 10.3 Å². The van der Waals surface area contributed by atoms with E-state index in [1.165, 1.54) is 16.4 Å². The summed E-state index contributed by atoms with van der Waals surface area (Å²) in [5.74, 6) is 0.213. The molecule has 1 saturated heterocycles. The summed E-state index contributed by atoms with van der Waals surface area (Å²) < 4.78 is 70.7. The van der Waals surface area contributed by atoms with Gasteiger partial charge in [0.25, 0.3) is 0 Å². The maximum Gasteiger partial charge on any atom is 0.434 e. The lowest BCUT2D eigenvalue weighted by Crippen LogP contribution is -2.28. The van der Waals surface area contributed by atoms with Crippen molar-refractivity contribution in [3.8, 4) is 5.75 Å². The van der Waals surface area contributed by atoms with Crippen LogP contribution in [-0.2, 0) is 16.2 Å². The fourth-order valence-electron chi connectivity index (χ4n) is 2.71. The van der Waals surface area contributed by atoms with Crippen LogP contribution >= 0.6 is 11.3 Å². The van der Waals surface area contributed by atoms with Crippen molar-refractivity contribution in [2.75, 3.05) is 25.0 Å². The minimum Gasteiger partial charge on any atom is -0.492 e. The molecule has 2 aromatic rings. The number of hydrogen-bond donors (Lipinski definition) is 1. The van der Waals surface area contributed by atoms with Gasteiger partial charge < -0.3 is 10.1 Å². The number of nitrogens with one attached hydrogen (secondary N) is 1. The third-order valence-corrected chi connectivity index (χ3v) is 6.65. The molecule has 1 aromatic carbocycles. The normalized spacial score (nSPS) is 15.9. The van der Waals surface area contributed by atoms with Crippen LogP contribution in [0.4, 0.5) is 24.0 Å². The first-order chi connectivity index (χ1) is 12.7. The Morgan fingerprint density at radius 3 is 2.59 bits per heavy atom. The van der Waals surface area contributed by atoms with E-state index in [0.29, 0.717) is 18.8 Å². The van der Waals surface area contributed by atoms with Gasteiger partial charge in [0.05, 0.1) is 6.61 Å². The van der Waals surface area contributed by atoms with Crippen LogP contribution in [0.2, 0.25) is 0 Å². The van der Waals surface area contributed by atoms with Gasteiger partial charge in [0.2, 0.25) is 10.0 Å². The molecule has 2 heterocycles. The number of nitrogens with zero attached hydrogens (tertiary/aromatic N) is 2. The molecule has 27 heavy (non-hydrogen) atoms. The number of anilines is 2. The molecule has 148 valence electrons. The van der Waals surface area contributed by atoms with Crippen molar-refractivity contribution in [1.82, 2.24) is 9.29 Å². The topological polar surface area (TPSA) is 71.5 Å². The van der Waals surface area contributed by atoms with E-state index in [1.807, 2.05) is 0 Å². The van der Waals surface area contributed by atoms with Gasteiger partial charge in [0, 0.05) is 24.2 Å². The van der Waals surface area contributed by atoms with Crippen LogP contribution in [0.1, 0.15) is 25.5 Å². The van der Waals surface area contributed by atoms with Gasteiger partial charge >= 0.3 is 6.18 Å². The van der Waals surface area contributed by atoms with Crippen LogP contribution in [0.25, 0.3) is 0 Å². The van der Waals surface area contributed by atoms with Crippen molar-refractivity contribution >= 4 is 32.2 Å². The smallest absolute Gasteiger partial charge is 0.434 e. The van der Waals surface area contributed by atoms with Gasteiger partial charge in [0.15, 0.2) is 10.8 Å². The summed E-state index contributed by atoms with van der Waals surface area (Å²) in [7, 11) is -3.75. The van der Waals surface area contributed by atoms with Crippen LogP contribution < -0.4 is 10.1 Å². The summed E-state index contributed by atoms with van der Waals surface area (Å²) in [6.07, 6.45) is -2.94. The SMILES string of the molecule is CCOc1ccc(Nc2nc(C(F)(F)F)cs2)cc1S(=O)(=O)N1CCCC1. The average molecular weight is 421 g/mol. The highest BCUT2D eigenvalue weighted by Crippen LogP contribution is 2.35. The Balaban J connectivity index is 1.92. The first-order valence-electron chi connectivity index (χ1n) is 8.28. The number of rotatable bonds is 6. The molecule has 0 saturated carbocycles. The molecule has 0 aliphatic carbocycles. The molecule has 1 aliphatic rings. The zero-order chi connectivity index (χ0) is 19.7. The molecule has 0 amide bonds. The van der Waals surface area contributed by atoms with Crippen LogP contribution in [0.3, 0.4) is 0 Å². The largest absolute Gasteiger partial charge is 0.492 e. The fourth-order valence-corrected chi connectivity index (χ4v) is 5.13. The van der Waals surface area contributed by atoms with Gasteiger partial charge in [-0.2, -0.15) is 17.5 Å². The molecule has 3 rings (SSSR count). The van der Waals surface area contributed by atoms with Gasteiger partial charge in [-0.3, -0.25) is 0 Å².